The predicted molar refractivity (Wildman–Crippen MR) is 100 cm³/mol. The topological polar surface area (TPSA) is 107 Å². The Labute approximate surface area is 168 Å². The number of primary sulfonamides is 1. The number of hydrogen-bond acceptors (Lipinski definition) is 5. The molecular formula is C17H15F3N4O3S2. The van der Waals surface area contributed by atoms with E-state index in [-0.39, 0.29) is 16.4 Å². The quantitative estimate of drug-likeness (QED) is 0.631. The number of nitrogens with one attached hydrogen (secondary N) is 1. The molecule has 29 heavy (non-hydrogen) atoms. The van der Waals surface area contributed by atoms with E-state index in [9.17, 15) is 26.4 Å². The van der Waals surface area contributed by atoms with Crippen LogP contribution in [0.15, 0.2) is 46.8 Å². The van der Waals surface area contributed by atoms with Gasteiger partial charge in [-0.15, -0.1) is 11.3 Å². The van der Waals surface area contributed by atoms with E-state index in [1.807, 2.05) is 0 Å². The average molecular weight is 444 g/mol. The van der Waals surface area contributed by atoms with Gasteiger partial charge < -0.3 is 5.32 Å². The summed E-state index contributed by atoms with van der Waals surface area (Å²) in [6.45, 7) is 1.47. The maximum atomic E-state index is 13.7. The van der Waals surface area contributed by atoms with Crippen LogP contribution in [0.1, 0.15) is 26.5 Å². The van der Waals surface area contributed by atoms with Crippen LogP contribution in [0.4, 0.5) is 13.2 Å². The fraction of sp³-hybridized carbons (Fsp3) is 0.176. The van der Waals surface area contributed by atoms with Crippen molar-refractivity contribution in [2.45, 2.75) is 23.9 Å². The Hall–Kier alpha value is -2.70. The van der Waals surface area contributed by atoms with Gasteiger partial charge in [-0.1, -0.05) is 18.2 Å². The Morgan fingerprint density at radius 3 is 2.52 bits per heavy atom. The molecule has 0 aliphatic carbocycles. The van der Waals surface area contributed by atoms with Crippen molar-refractivity contribution in [1.29, 1.82) is 0 Å². The number of thiophene rings is 1. The van der Waals surface area contributed by atoms with Crippen molar-refractivity contribution in [2.24, 2.45) is 5.14 Å². The van der Waals surface area contributed by atoms with Crippen molar-refractivity contribution in [1.82, 2.24) is 15.1 Å². The number of carbonyl (C=O) groups excluding carboxylic acids is 1. The molecule has 0 unspecified atom stereocenters. The Bertz CT molecular complexity index is 1170. The zero-order valence-corrected chi connectivity index (χ0v) is 16.5. The minimum atomic E-state index is -4.82. The number of carbonyl (C=O) groups is 1. The van der Waals surface area contributed by atoms with E-state index in [0.717, 1.165) is 17.5 Å². The van der Waals surface area contributed by atoms with Gasteiger partial charge >= 0.3 is 6.18 Å². The Balaban J connectivity index is 1.89. The number of halogens is 3. The summed E-state index contributed by atoms with van der Waals surface area (Å²) >= 11 is 0.820. The third-order valence-corrected chi connectivity index (χ3v) is 6.49. The number of aryl methyl sites for hydroxylation is 1. The number of nitrogens with zero attached hydrogens (tertiary/aromatic N) is 2. The Kier molecular flexibility index (Phi) is 5.52. The Morgan fingerprint density at radius 1 is 1.24 bits per heavy atom. The van der Waals surface area contributed by atoms with Gasteiger partial charge in [0.1, 0.15) is 4.21 Å². The van der Waals surface area contributed by atoms with Crippen molar-refractivity contribution in [3.8, 4) is 5.69 Å². The molecule has 1 aromatic carbocycles. The van der Waals surface area contributed by atoms with E-state index in [0.29, 0.717) is 15.1 Å². The summed E-state index contributed by atoms with van der Waals surface area (Å²) in [6.07, 6.45) is -3.97. The molecule has 3 rings (SSSR count). The van der Waals surface area contributed by atoms with Crippen molar-refractivity contribution in [3.05, 3.63) is 64.3 Å². The van der Waals surface area contributed by atoms with Crippen LogP contribution in [0.3, 0.4) is 0 Å². The first-order valence-electron chi connectivity index (χ1n) is 8.09. The van der Waals surface area contributed by atoms with Gasteiger partial charge in [0.2, 0.25) is 10.0 Å². The summed E-state index contributed by atoms with van der Waals surface area (Å²) in [5, 5.41) is 11.1. The lowest BCUT2D eigenvalue weighted by Gasteiger charge is -2.14. The number of para-hydroxylation sites is 1. The van der Waals surface area contributed by atoms with E-state index in [4.69, 9.17) is 5.14 Å². The minimum Gasteiger partial charge on any atom is -0.347 e. The molecule has 0 saturated heterocycles. The summed E-state index contributed by atoms with van der Waals surface area (Å²) in [6, 6.07) is 9.05. The number of benzene rings is 1. The highest BCUT2D eigenvalue weighted by atomic mass is 32.2. The Morgan fingerprint density at radius 2 is 1.93 bits per heavy atom. The van der Waals surface area contributed by atoms with Crippen LogP contribution in [0.2, 0.25) is 0 Å². The number of amides is 1. The van der Waals surface area contributed by atoms with Crippen LogP contribution in [0.25, 0.3) is 5.69 Å². The van der Waals surface area contributed by atoms with Gasteiger partial charge in [-0.05, 0) is 30.7 Å². The molecule has 1 amide bonds. The third kappa shape index (κ3) is 4.49. The summed E-state index contributed by atoms with van der Waals surface area (Å²) in [4.78, 5) is 12.8. The highest BCUT2D eigenvalue weighted by Gasteiger charge is 2.40. The first-order chi connectivity index (χ1) is 13.5. The molecule has 2 heterocycles. The van der Waals surface area contributed by atoms with Gasteiger partial charge in [0.05, 0.1) is 24.0 Å². The lowest BCUT2D eigenvalue weighted by atomic mass is 10.1. The summed E-state index contributed by atoms with van der Waals surface area (Å²) < 4.78 is 64.3. The number of alkyl halides is 3. The van der Waals surface area contributed by atoms with Crippen molar-refractivity contribution in [3.63, 3.8) is 0 Å². The standard InChI is InChI=1S/C17H15F3N4O3S2/c1-10-4-2-3-5-13(10)24-15(17(18,19)20)12(9-23-24)16(25)22-8-11-6-7-14(28-11)29(21,26)27/h2-7,9H,8H2,1H3,(H,22,25)(H2,21,26,27). The van der Waals surface area contributed by atoms with Crippen molar-refractivity contribution >= 4 is 27.3 Å². The molecule has 3 N–H and O–H groups in total. The number of nitrogens with two attached hydrogens (primary N) is 1. The molecule has 7 nitrogen and oxygen atoms in total. The highest BCUT2D eigenvalue weighted by Crippen LogP contribution is 2.34. The van der Waals surface area contributed by atoms with Crippen LogP contribution in [-0.4, -0.2) is 24.1 Å². The zero-order valence-electron chi connectivity index (χ0n) is 14.9. The van der Waals surface area contributed by atoms with Gasteiger partial charge in [-0.3, -0.25) is 4.79 Å². The van der Waals surface area contributed by atoms with Gasteiger partial charge in [-0.25, -0.2) is 18.2 Å². The summed E-state index contributed by atoms with van der Waals surface area (Å²) in [5.41, 5.74) is -1.07. The first kappa shape index (κ1) is 21.0. The van der Waals surface area contributed by atoms with E-state index in [1.54, 1.807) is 25.1 Å². The normalized spacial score (nSPS) is 12.2. The molecule has 2 aromatic heterocycles. The fourth-order valence-electron chi connectivity index (χ4n) is 2.64. The number of aromatic nitrogens is 2. The van der Waals surface area contributed by atoms with Crippen molar-refractivity contribution < 1.29 is 26.4 Å². The molecule has 0 fully saturated rings. The lowest BCUT2D eigenvalue weighted by molar-refractivity contribution is -0.143. The van der Waals surface area contributed by atoms with Gasteiger partial charge in [0.25, 0.3) is 5.91 Å². The predicted octanol–water partition coefficient (Wildman–Crippen LogP) is 2.84. The van der Waals surface area contributed by atoms with Crippen LogP contribution in [0.5, 0.6) is 0 Å². The van der Waals surface area contributed by atoms with Crippen LogP contribution >= 0.6 is 11.3 Å². The molecule has 0 spiro atoms. The summed E-state index contributed by atoms with van der Waals surface area (Å²) in [7, 11) is -3.89. The van der Waals surface area contributed by atoms with Gasteiger partial charge in [0.15, 0.2) is 5.69 Å². The van der Waals surface area contributed by atoms with E-state index >= 15 is 0 Å². The van der Waals surface area contributed by atoms with Crippen molar-refractivity contribution in [2.75, 3.05) is 0 Å². The molecule has 12 heteroatoms. The lowest BCUT2D eigenvalue weighted by Crippen LogP contribution is -2.26. The average Bonchev–Trinajstić information content (AvgIpc) is 3.26. The maximum Gasteiger partial charge on any atom is 0.434 e. The molecule has 0 saturated carbocycles. The van der Waals surface area contributed by atoms with E-state index in [1.165, 1.54) is 18.2 Å². The third-order valence-electron chi connectivity index (χ3n) is 3.97. The van der Waals surface area contributed by atoms with Crippen LogP contribution < -0.4 is 10.5 Å². The smallest absolute Gasteiger partial charge is 0.347 e. The molecule has 0 aliphatic heterocycles. The van der Waals surface area contributed by atoms with Gasteiger partial charge in [-0.2, -0.15) is 18.3 Å². The van der Waals surface area contributed by atoms with E-state index < -0.39 is 33.4 Å². The molecule has 0 bridgehead atoms. The SMILES string of the molecule is Cc1ccccc1-n1ncc(C(=O)NCc2ccc(S(N)(=O)=O)s2)c1C(F)(F)F. The summed E-state index contributed by atoms with van der Waals surface area (Å²) in [5.74, 6) is -0.984. The fourth-order valence-corrected chi connectivity index (χ4v) is 4.36. The molecular weight excluding hydrogens is 429 g/mol. The molecule has 0 radical (unpaired) electrons. The number of rotatable bonds is 5. The number of sulfonamides is 1. The first-order valence-corrected chi connectivity index (χ1v) is 10.5. The monoisotopic (exact) mass is 444 g/mol. The van der Waals surface area contributed by atoms with Crippen LogP contribution in [-0.2, 0) is 22.7 Å². The number of hydrogen-bond donors (Lipinski definition) is 2. The van der Waals surface area contributed by atoms with E-state index in [2.05, 4.69) is 10.4 Å². The second-order valence-corrected chi connectivity index (χ2v) is 9.01. The minimum absolute atomic E-state index is 0.106. The highest BCUT2D eigenvalue weighted by molar-refractivity contribution is 7.91. The van der Waals surface area contributed by atoms with Gasteiger partial charge in [0, 0.05) is 4.88 Å². The van der Waals surface area contributed by atoms with Crippen LogP contribution in [0, 0.1) is 6.92 Å². The second-order valence-electron chi connectivity index (χ2n) is 6.05. The molecule has 3 aromatic rings. The molecule has 154 valence electrons. The maximum absolute atomic E-state index is 13.7. The largest absolute Gasteiger partial charge is 0.434 e. The second kappa shape index (κ2) is 7.61. The molecule has 0 atom stereocenters. The molecule has 0 aliphatic rings. The zero-order chi connectivity index (χ0) is 21.4.